The first-order chi connectivity index (χ1) is 4.75. The van der Waals surface area contributed by atoms with Gasteiger partial charge in [0.25, 0.3) is 0 Å². The van der Waals surface area contributed by atoms with Crippen LogP contribution in [0.1, 0.15) is 34.6 Å². The van der Waals surface area contributed by atoms with Gasteiger partial charge in [-0.1, -0.05) is 13.8 Å². The molecule has 2 heteroatoms. The number of hydrogen-bond acceptors (Lipinski definition) is 2. The van der Waals surface area contributed by atoms with E-state index in [0.717, 1.165) is 0 Å². The van der Waals surface area contributed by atoms with Crippen LogP contribution >= 0.6 is 0 Å². The van der Waals surface area contributed by atoms with E-state index in [2.05, 4.69) is 5.32 Å². The van der Waals surface area contributed by atoms with Crippen LogP contribution in [-0.4, -0.2) is 18.4 Å². The first-order valence-corrected chi connectivity index (χ1v) is 3.95. The van der Waals surface area contributed by atoms with Gasteiger partial charge in [-0.15, -0.1) is 0 Å². The van der Waals surface area contributed by atoms with Gasteiger partial charge in [-0.25, -0.2) is 0 Å². The Labute approximate surface area is 69.4 Å². The van der Waals surface area contributed by atoms with Gasteiger partial charge in [-0.3, -0.25) is 4.79 Å². The fourth-order valence-corrected chi connectivity index (χ4v) is 0.753. The molecule has 0 bridgehead atoms. The van der Waals surface area contributed by atoms with Gasteiger partial charge in [0.1, 0.15) is 5.78 Å². The summed E-state index contributed by atoms with van der Waals surface area (Å²) in [7, 11) is 1.88. The molecule has 0 saturated carbocycles. The maximum absolute atomic E-state index is 11.2. The third-order valence-electron chi connectivity index (χ3n) is 3.07. The fourth-order valence-electron chi connectivity index (χ4n) is 0.753. The van der Waals surface area contributed by atoms with Gasteiger partial charge in [-0.05, 0) is 27.8 Å². The molecule has 0 atom stereocenters. The Kier molecular flexibility index (Phi) is 2.84. The van der Waals surface area contributed by atoms with E-state index in [1.54, 1.807) is 6.92 Å². The van der Waals surface area contributed by atoms with Crippen molar-refractivity contribution >= 4 is 5.78 Å². The molecule has 66 valence electrons. The van der Waals surface area contributed by atoms with E-state index in [1.807, 2.05) is 34.7 Å². The van der Waals surface area contributed by atoms with Crippen LogP contribution in [0.4, 0.5) is 0 Å². The highest BCUT2D eigenvalue weighted by atomic mass is 16.1. The number of hydrogen-bond donors (Lipinski definition) is 1. The van der Waals surface area contributed by atoms with E-state index in [9.17, 15) is 4.79 Å². The minimum atomic E-state index is -0.304. The Morgan fingerprint density at radius 1 is 1.18 bits per heavy atom. The average Bonchev–Trinajstić information content (AvgIpc) is 1.87. The largest absolute Gasteiger partial charge is 0.314 e. The van der Waals surface area contributed by atoms with Crippen LogP contribution < -0.4 is 5.32 Å². The van der Waals surface area contributed by atoms with Crippen molar-refractivity contribution in [3.05, 3.63) is 0 Å². The molecule has 0 amide bonds. The summed E-state index contributed by atoms with van der Waals surface area (Å²) in [5.74, 6) is 0.219. The zero-order chi connectivity index (χ0) is 9.28. The standard InChI is InChI=1S/C9H19NO/c1-7(11)8(2,3)9(4,5)10-6/h10H,1-6H3. The SMILES string of the molecule is CNC(C)(C)C(C)(C)C(C)=O. The molecule has 11 heavy (non-hydrogen) atoms. The number of ketones is 1. The second-order valence-electron chi connectivity index (χ2n) is 4.06. The van der Waals surface area contributed by atoms with Gasteiger partial charge in [0, 0.05) is 11.0 Å². The van der Waals surface area contributed by atoms with Crippen molar-refractivity contribution in [3.63, 3.8) is 0 Å². The fraction of sp³-hybridized carbons (Fsp3) is 0.889. The summed E-state index contributed by atoms with van der Waals surface area (Å²) in [4.78, 5) is 11.2. The van der Waals surface area contributed by atoms with E-state index >= 15 is 0 Å². The van der Waals surface area contributed by atoms with Gasteiger partial charge >= 0.3 is 0 Å². The van der Waals surface area contributed by atoms with E-state index < -0.39 is 0 Å². The Balaban J connectivity index is 4.67. The maximum Gasteiger partial charge on any atom is 0.137 e. The third-order valence-corrected chi connectivity index (χ3v) is 3.07. The van der Waals surface area contributed by atoms with Gasteiger partial charge < -0.3 is 5.32 Å². The predicted molar refractivity (Wildman–Crippen MR) is 47.6 cm³/mol. The van der Waals surface area contributed by atoms with E-state index in [4.69, 9.17) is 0 Å². The third kappa shape index (κ3) is 1.80. The van der Waals surface area contributed by atoms with Gasteiger partial charge in [0.2, 0.25) is 0 Å². The zero-order valence-electron chi connectivity index (χ0n) is 8.41. The molecule has 0 aromatic rings. The van der Waals surface area contributed by atoms with Crippen LogP contribution in [0.3, 0.4) is 0 Å². The van der Waals surface area contributed by atoms with Gasteiger partial charge in [0.15, 0.2) is 0 Å². The van der Waals surface area contributed by atoms with Crippen LogP contribution in [0.5, 0.6) is 0 Å². The molecule has 0 spiro atoms. The van der Waals surface area contributed by atoms with Crippen LogP contribution in [0.2, 0.25) is 0 Å². The molecule has 1 N–H and O–H groups in total. The number of Topliss-reactive ketones (excluding diaryl/α,β-unsaturated/α-hetero) is 1. The molecule has 0 fully saturated rings. The summed E-state index contributed by atoms with van der Waals surface area (Å²) in [5, 5.41) is 3.14. The summed E-state index contributed by atoms with van der Waals surface area (Å²) < 4.78 is 0. The summed E-state index contributed by atoms with van der Waals surface area (Å²) in [6.07, 6.45) is 0. The molecule has 0 aromatic heterocycles. The smallest absolute Gasteiger partial charge is 0.137 e. The Morgan fingerprint density at radius 3 is 1.64 bits per heavy atom. The van der Waals surface area contributed by atoms with Crippen molar-refractivity contribution in [1.82, 2.24) is 5.32 Å². The van der Waals surface area contributed by atoms with Crippen LogP contribution in [-0.2, 0) is 4.79 Å². The quantitative estimate of drug-likeness (QED) is 0.674. The Morgan fingerprint density at radius 2 is 1.55 bits per heavy atom. The molecule has 0 unspecified atom stereocenters. The maximum atomic E-state index is 11.2. The van der Waals surface area contributed by atoms with Crippen LogP contribution in [0.25, 0.3) is 0 Å². The minimum Gasteiger partial charge on any atom is -0.314 e. The molecular formula is C9H19NO. The monoisotopic (exact) mass is 157 g/mol. The van der Waals surface area contributed by atoms with Crippen LogP contribution in [0.15, 0.2) is 0 Å². The Hall–Kier alpha value is -0.370. The lowest BCUT2D eigenvalue weighted by molar-refractivity contribution is -0.128. The highest BCUT2D eigenvalue weighted by Crippen LogP contribution is 2.30. The average molecular weight is 157 g/mol. The lowest BCUT2D eigenvalue weighted by Gasteiger charge is -2.39. The lowest BCUT2D eigenvalue weighted by Crippen LogP contribution is -2.52. The number of nitrogens with one attached hydrogen (secondary N) is 1. The molecule has 2 nitrogen and oxygen atoms in total. The number of carbonyl (C=O) groups excluding carboxylic acids is 1. The molecule has 0 saturated heterocycles. The predicted octanol–water partition coefficient (Wildman–Crippen LogP) is 1.60. The first-order valence-electron chi connectivity index (χ1n) is 3.95. The Bertz CT molecular complexity index is 159. The summed E-state index contributed by atoms with van der Waals surface area (Å²) in [5.41, 5.74) is -0.444. The normalized spacial score (nSPS) is 13.3. The van der Waals surface area contributed by atoms with E-state index in [0.29, 0.717) is 0 Å². The summed E-state index contributed by atoms with van der Waals surface area (Å²) >= 11 is 0. The molecular weight excluding hydrogens is 138 g/mol. The highest BCUT2D eigenvalue weighted by Gasteiger charge is 2.39. The van der Waals surface area contributed by atoms with Crippen molar-refractivity contribution < 1.29 is 4.79 Å². The molecule has 0 radical (unpaired) electrons. The van der Waals surface area contributed by atoms with E-state index in [1.165, 1.54) is 0 Å². The van der Waals surface area contributed by atoms with Crippen molar-refractivity contribution in [1.29, 1.82) is 0 Å². The summed E-state index contributed by atoms with van der Waals surface area (Å²) in [6.45, 7) is 9.64. The van der Waals surface area contributed by atoms with Crippen molar-refractivity contribution in [3.8, 4) is 0 Å². The molecule has 0 aliphatic carbocycles. The molecule has 0 aromatic carbocycles. The van der Waals surface area contributed by atoms with Crippen molar-refractivity contribution in [2.45, 2.75) is 40.2 Å². The highest BCUT2D eigenvalue weighted by molar-refractivity contribution is 5.83. The van der Waals surface area contributed by atoms with Crippen LogP contribution in [0, 0.1) is 5.41 Å². The van der Waals surface area contributed by atoms with Gasteiger partial charge in [0.05, 0.1) is 0 Å². The topological polar surface area (TPSA) is 29.1 Å². The van der Waals surface area contributed by atoms with Gasteiger partial charge in [-0.2, -0.15) is 0 Å². The molecule has 0 rings (SSSR count). The minimum absolute atomic E-state index is 0.140. The number of carbonyl (C=O) groups is 1. The second-order valence-corrected chi connectivity index (χ2v) is 4.06. The number of rotatable bonds is 3. The summed E-state index contributed by atoms with van der Waals surface area (Å²) in [6, 6.07) is 0. The zero-order valence-corrected chi connectivity index (χ0v) is 8.41. The first kappa shape index (κ1) is 10.6. The van der Waals surface area contributed by atoms with Crippen molar-refractivity contribution in [2.24, 2.45) is 5.41 Å². The molecule has 0 aliphatic rings. The van der Waals surface area contributed by atoms with Crippen molar-refractivity contribution in [2.75, 3.05) is 7.05 Å². The lowest BCUT2D eigenvalue weighted by atomic mass is 9.72. The van der Waals surface area contributed by atoms with E-state index in [-0.39, 0.29) is 16.7 Å². The second kappa shape index (κ2) is 2.94. The molecule has 0 aliphatic heterocycles. The molecule has 0 heterocycles.